The SMILES string of the molecule is Cc1cc(=O)n2nc(N3CCC[C@H](C(=O)NCc4ccccc4F)C3)sc2n1. The molecule has 3 aromatic rings. The van der Waals surface area contributed by atoms with Crippen LogP contribution in [0.5, 0.6) is 0 Å². The fourth-order valence-corrected chi connectivity index (χ4v) is 4.36. The zero-order valence-corrected chi connectivity index (χ0v) is 16.2. The Morgan fingerprint density at radius 3 is 3.04 bits per heavy atom. The largest absolute Gasteiger partial charge is 0.352 e. The Kier molecular flexibility index (Phi) is 5.08. The molecule has 0 unspecified atom stereocenters. The molecule has 1 N–H and O–H groups in total. The van der Waals surface area contributed by atoms with E-state index in [-0.39, 0.29) is 29.7 Å². The molecule has 0 radical (unpaired) electrons. The van der Waals surface area contributed by atoms with Gasteiger partial charge in [-0.15, -0.1) is 5.10 Å². The van der Waals surface area contributed by atoms with E-state index in [1.54, 1.807) is 25.1 Å². The minimum Gasteiger partial charge on any atom is -0.352 e. The van der Waals surface area contributed by atoms with Gasteiger partial charge in [0, 0.05) is 37.0 Å². The number of hydrogen-bond donors (Lipinski definition) is 1. The molecule has 28 heavy (non-hydrogen) atoms. The lowest BCUT2D eigenvalue weighted by Gasteiger charge is -2.31. The number of hydrogen-bond acceptors (Lipinski definition) is 6. The van der Waals surface area contributed by atoms with Crippen LogP contribution in [0.4, 0.5) is 9.52 Å². The molecule has 4 rings (SSSR count). The topological polar surface area (TPSA) is 79.6 Å². The van der Waals surface area contributed by atoms with Gasteiger partial charge >= 0.3 is 0 Å². The van der Waals surface area contributed by atoms with Gasteiger partial charge in [0.15, 0.2) is 0 Å². The van der Waals surface area contributed by atoms with Gasteiger partial charge in [-0.2, -0.15) is 4.52 Å². The maximum absolute atomic E-state index is 13.7. The highest BCUT2D eigenvalue weighted by atomic mass is 32.1. The first-order chi connectivity index (χ1) is 13.5. The van der Waals surface area contributed by atoms with E-state index in [4.69, 9.17) is 0 Å². The van der Waals surface area contributed by atoms with Crippen LogP contribution in [-0.2, 0) is 11.3 Å². The van der Waals surface area contributed by atoms with Crippen LogP contribution >= 0.6 is 11.3 Å². The first-order valence-electron chi connectivity index (χ1n) is 9.15. The van der Waals surface area contributed by atoms with Gasteiger partial charge in [0.05, 0.1) is 5.92 Å². The van der Waals surface area contributed by atoms with Gasteiger partial charge < -0.3 is 10.2 Å². The zero-order chi connectivity index (χ0) is 19.7. The lowest BCUT2D eigenvalue weighted by molar-refractivity contribution is -0.125. The van der Waals surface area contributed by atoms with E-state index in [2.05, 4.69) is 15.4 Å². The van der Waals surface area contributed by atoms with Gasteiger partial charge in [0.25, 0.3) is 5.56 Å². The number of anilines is 1. The summed E-state index contributed by atoms with van der Waals surface area (Å²) in [5.74, 6) is -0.630. The molecule has 1 aromatic carbocycles. The molecule has 1 amide bonds. The van der Waals surface area contributed by atoms with E-state index < -0.39 is 0 Å². The van der Waals surface area contributed by atoms with Gasteiger partial charge in [-0.25, -0.2) is 9.37 Å². The number of nitrogens with one attached hydrogen (secondary N) is 1. The second-order valence-electron chi connectivity index (χ2n) is 6.91. The predicted octanol–water partition coefficient (Wildman–Crippen LogP) is 2.13. The lowest BCUT2D eigenvalue weighted by Crippen LogP contribution is -2.43. The molecule has 1 saturated heterocycles. The molecule has 1 aliphatic heterocycles. The van der Waals surface area contributed by atoms with Crippen LogP contribution in [0.1, 0.15) is 24.1 Å². The maximum Gasteiger partial charge on any atom is 0.275 e. The average molecular weight is 401 g/mol. The monoisotopic (exact) mass is 401 g/mol. The van der Waals surface area contributed by atoms with Crippen molar-refractivity contribution >= 4 is 27.3 Å². The summed E-state index contributed by atoms with van der Waals surface area (Å²) in [6.45, 7) is 3.22. The summed E-state index contributed by atoms with van der Waals surface area (Å²) in [5.41, 5.74) is 0.918. The van der Waals surface area contributed by atoms with Crippen LogP contribution in [0.3, 0.4) is 0 Å². The van der Waals surface area contributed by atoms with Crippen LogP contribution in [0.2, 0.25) is 0 Å². The van der Waals surface area contributed by atoms with Crippen LogP contribution in [0, 0.1) is 18.7 Å². The van der Waals surface area contributed by atoms with Gasteiger partial charge in [0.2, 0.25) is 16.0 Å². The van der Waals surface area contributed by atoms with Crippen molar-refractivity contribution in [2.24, 2.45) is 5.92 Å². The van der Waals surface area contributed by atoms with Crippen molar-refractivity contribution in [1.29, 1.82) is 0 Å². The number of rotatable bonds is 4. The van der Waals surface area contributed by atoms with Crippen LogP contribution in [-0.4, -0.2) is 33.6 Å². The first-order valence-corrected chi connectivity index (χ1v) is 9.96. The second-order valence-corrected chi connectivity index (χ2v) is 7.84. The Balaban J connectivity index is 1.45. The molecule has 2 aromatic heterocycles. The third kappa shape index (κ3) is 3.75. The summed E-state index contributed by atoms with van der Waals surface area (Å²) in [4.78, 5) is 31.6. The molecular formula is C19H20FN5O2S. The van der Waals surface area contributed by atoms with Gasteiger partial charge in [-0.3, -0.25) is 9.59 Å². The van der Waals surface area contributed by atoms with Gasteiger partial charge in [-0.05, 0) is 25.8 Å². The summed E-state index contributed by atoms with van der Waals surface area (Å²) < 4.78 is 15.0. The lowest BCUT2D eigenvalue weighted by atomic mass is 9.97. The zero-order valence-electron chi connectivity index (χ0n) is 15.4. The standard InChI is InChI=1S/C19H20FN5O2S/c1-12-9-16(26)25-18(22-12)28-19(23-25)24-8-4-6-14(11-24)17(27)21-10-13-5-2-3-7-15(13)20/h2-3,5,7,9,14H,4,6,8,10-11H2,1H3,(H,21,27)/t14-/m0/s1. The quantitative estimate of drug-likeness (QED) is 0.725. The van der Waals surface area contributed by atoms with Gasteiger partial charge in [-0.1, -0.05) is 29.5 Å². The normalized spacial score (nSPS) is 17.1. The number of halogens is 1. The Morgan fingerprint density at radius 2 is 2.21 bits per heavy atom. The minimum absolute atomic E-state index is 0.0970. The summed E-state index contributed by atoms with van der Waals surface area (Å²) in [6.07, 6.45) is 1.61. The minimum atomic E-state index is -0.323. The Labute approximate surface area is 164 Å². The number of aromatic nitrogens is 3. The van der Waals surface area contributed by atoms with Crippen LogP contribution in [0.25, 0.3) is 4.96 Å². The molecule has 1 aliphatic rings. The molecule has 0 saturated carbocycles. The number of nitrogens with zero attached hydrogens (tertiary/aromatic N) is 4. The fourth-order valence-electron chi connectivity index (χ4n) is 3.37. The van der Waals surface area contributed by atoms with Crippen molar-refractivity contribution in [1.82, 2.24) is 19.9 Å². The number of fused-ring (bicyclic) bond motifs is 1. The van der Waals surface area contributed by atoms with Crippen molar-refractivity contribution in [3.63, 3.8) is 0 Å². The van der Waals surface area contributed by atoms with E-state index in [9.17, 15) is 14.0 Å². The summed E-state index contributed by atoms with van der Waals surface area (Å²) in [5, 5.41) is 7.90. The Morgan fingerprint density at radius 1 is 1.39 bits per heavy atom. The van der Waals surface area contributed by atoms with E-state index in [1.165, 1.54) is 28.0 Å². The van der Waals surface area contributed by atoms with Crippen molar-refractivity contribution in [2.45, 2.75) is 26.3 Å². The molecule has 3 heterocycles. The Hall–Kier alpha value is -2.81. The highest BCUT2D eigenvalue weighted by Crippen LogP contribution is 2.27. The number of carbonyl (C=O) groups is 1. The number of benzene rings is 1. The molecular weight excluding hydrogens is 381 g/mol. The summed E-state index contributed by atoms with van der Waals surface area (Å²) >= 11 is 1.34. The highest BCUT2D eigenvalue weighted by Gasteiger charge is 2.28. The van der Waals surface area contributed by atoms with E-state index in [0.717, 1.165) is 19.4 Å². The van der Waals surface area contributed by atoms with Crippen LogP contribution < -0.4 is 15.8 Å². The highest BCUT2D eigenvalue weighted by molar-refractivity contribution is 7.20. The van der Waals surface area contributed by atoms with E-state index >= 15 is 0 Å². The van der Waals surface area contributed by atoms with E-state index in [1.807, 2.05) is 4.90 Å². The number of aryl methyl sites for hydroxylation is 1. The summed E-state index contributed by atoms with van der Waals surface area (Å²) in [6, 6.07) is 7.87. The number of piperidine rings is 1. The Bertz CT molecular complexity index is 1080. The van der Waals surface area contributed by atoms with Gasteiger partial charge in [0.1, 0.15) is 5.82 Å². The molecule has 0 spiro atoms. The molecule has 9 heteroatoms. The maximum atomic E-state index is 13.7. The first kappa shape index (κ1) is 18.5. The molecule has 146 valence electrons. The smallest absolute Gasteiger partial charge is 0.275 e. The van der Waals surface area contributed by atoms with Crippen molar-refractivity contribution in [3.8, 4) is 0 Å². The number of amides is 1. The predicted molar refractivity (Wildman–Crippen MR) is 105 cm³/mol. The van der Waals surface area contributed by atoms with Crippen molar-refractivity contribution in [2.75, 3.05) is 18.0 Å². The third-order valence-electron chi connectivity index (χ3n) is 4.84. The molecule has 1 atom stereocenters. The molecule has 0 aliphatic carbocycles. The van der Waals surface area contributed by atoms with Crippen molar-refractivity contribution < 1.29 is 9.18 Å². The van der Waals surface area contributed by atoms with E-state index in [0.29, 0.717) is 27.9 Å². The molecule has 7 nitrogen and oxygen atoms in total. The molecule has 1 fully saturated rings. The van der Waals surface area contributed by atoms with Crippen LogP contribution in [0.15, 0.2) is 35.1 Å². The second kappa shape index (κ2) is 7.67. The fraction of sp³-hybridized carbons (Fsp3) is 0.368. The van der Waals surface area contributed by atoms with Crippen molar-refractivity contribution in [3.05, 3.63) is 57.8 Å². The molecule has 0 bridgehead atoms. The summed E-state index contributed by atoms with van der Waals surface area (Å²) in [7, 11) is 0. The average Bonchev–Trinajstić information content (AvgIpc) is 3.12. The third-order valence-corrected chi connectivity index (χ3v) is 5.81. The number of carbonyl (C=O) groups excluding carboxylic acids is 1.